The number of rotatable bonds is 10. The number of aryl methyl sites for hydroxylation is 2. The maximum Gasteiger partial charge on any atom is 0.152 e. The standard InChI is InChI=1S/C23H23N7.C15H15N7.C8H8O/c1-15-4-2-3-5-17(15)13-25-10-11-30-14-19-18-7-6-16(20-8-9-26-28-20)12-21(18)27-23(24)22(19)29-30;16-4-6-22-8-11-10-2-1-9(12-3-5-18-20-12)7-13(10)19-15(17)14(11)21-22;1-7-4-2-3-5-8(7)6-9/h2-9,12,14,25H,10-11,13H2,1H3,(H2,24,27)(H,26,28);1-3,5,7-8H,4,6,16H2,(H2,17,19)(H,18,20);2-6H,1H3. The highest BCUT2D eigenvalue weighted by Crippen LogP contribution is 2.31. The van der Waals surface area contributed by atoms with E-state index in [9.17, 15) is 4.79 Å². The van der Waals surface area contributed by atoms with E-state index >= 15 is 0 Å². The summed E-state index contributed by atoms with van der Waals surface area (Å²) < 4.78 is 3.75. The average Bonchev–Trinajstić information content (AvgIpc) is 4.12. The number of fused-ring (bicyclic) bond motifs is 6. The van der Waals surface area contributed by atoms with Gasteiger partial charge in [0.15, 0.2) is 11.6 Å². The number of H-pyrrole nitrogens is 2. The number of aromatic nitrogens is 10. The van der Waals surface area contributed by atoms with Crippen molar-refractivity contribution in [1.82, 2.24) is 55.2 Å². The Hall–Kier alpha value is -7.75. The van der Waals surface area contributed by atoms with E-state index < -0.39 is 0 Å². The van der Waals surface area contributed by atoms with Crippen LogP contribution in [0.5, 0.6) is 0 Å². The highest BCUT2D eigenvalue weighted by Gasteiger charge is 2.14. The number of pyridine rings is 2. The molecule has 0 fully saturated rings. The Balaban J connectivity index is 0.000000144. The van der Waals surface area contributed by atoms with Crippen LogP contribution >= 0.6 is 0 Å². The fourth-order valence-electron chi connectivity index (χ4n) is 7.16. The minimum Gasteiger partial charge on any atom is -0.382 e. The number of nitrogens with zero attached hydrogens (tertiary/aromatic N) is 8. The second-order valence-corrected chi connectivity index (χ2v) is 14.6. The van der Waals surface area contributed by atoms with E-state index in [1.54, 1.807) is 12.4 Å². The molecule has 10 rings (SSSR count). The summed E-state index contributed by atoms with van der Waals surface area (Å²) >= 11 is 0. The van der Waals surface area contributed by atoms with Crippen LogP contribution in [0.1, 0.15) is 27.0 Å². The summed E-state index contributed by atoms with van der Waals surface area (Å²) in [5.41, 5.74) is 29.4. The van der Waals surface area contributed by atoms with E-state index in [0.29, 0.717) is 24.7 Å². The quantitative estimate of drug-likeness (QED) is 0.0610. The molecule has 0 bridgehead atoms. The second-order valence-electron chi connectivity index (χ2n) is 14.6. The molecule has 6 aromatic heterocycles. The number of aromatic amines is 2. The summed E-state index contributed by atoms with van der Waals surface area (Å²) in [7, 11) is 0. The molecule has 0 atom stereocenters. The summed E-state index contributed by atoms with van der Waals surface area (Å²) in [5.74, 6) is 0.880. The zero-order chi connectivity index (χ0) is 42.3. The Labute approximate surface area is 351 Å². The Morgan fingerprint density at radius 2 is 1.20 bits per heavy atom. The van der Waals surface area contributed by atoms with Crippen molar-refractivity contribution in [3.63, 3.8) is 0 Å². The van der Waals surface area contributed by atoms with Gasteiger partial charge in [0.2, 0.25) is 0 Å². The van der Waals surface area contributed by atoms with E-state index in [4.69, 9.17) is 17.2 Å². The molecule has 15 nitrogen and oxygen atoms in total. The Morgan fingerprint density at radius 1 is 0.656 bits per heavy atom. The van der Waals surface area contributed by atoms with Gasteiger partial charge in [0, 0.05) is 82.7 Å². The Kier molecular flexibility index (Phi) is 11.8. The number of carbonyl (C=O) groups excluding carboxylic acids is 1. The number of carbonyl (C=O) groups is 1. The average molecular weight is 811 g/mol. The van der Waals surface area contributed by atoms with Crippen molar-refractivity contribution in [2.24, 2.45) is 5.73 Å². The molecule has 0 aliphatic heterocycles. The van der Waals surface area contributed by atoms with Crippen molar-refractivity contribution < 1.29 is 4.79 Å². The van der Waals surface area contributed by atoms with E-state index in [2.05, 4.69) is 95.4 Å². The molecule has 4 aromatic carbocycles. The predicted molar refractivity (Wildman–Crippen MR) is 243 cm³/mol. The lowest BCUT2D eigenvalue weighted by atomic mass is 10.1. The van der Waals surface area contributed by atoms with Gasteiger partial charge < -0.3 is 22.5 Å². The summed E-state index contributed by atoms with van der Waals surface area (Å²) in [4.78, 5) is 19.3. The summed E-state index contributed by atoms with van der Waals surface area (Å²) in [6.07, 6.45) is 8.36. The highest BCUT2D eigenvalue weighted by molar-refractivity contribution is 6.09. The lowest BCUT2D eigenvalue weighted by molar-refractivity contribution is 0.112. The van der Waals surface area contributed by atoms with E-state index in [0.717, 1.165) is 103 Å². The molecule has 6 heterocycles. The number of anilines is 2. The molecule has 15 heteroatoms. The van der Waals surface area contributed by atoms with Gasteiger partial charge in [-0.3, -0.25) is 24.4 Å². The van der Waals surface area contributed by atoms with Crippen LogP contribution < -0.4 is 22.5 Å². The Morgan fingerprint density at radius 3 is 1.69 bits per heavy atom. The maximum atomic E-state index is 10.2. The molecule has 10 aromatic rings. The van der Waals surface area contributed by atoms with Crippen molar-refractivity contribution in [1.29, 1.82) is 0 Å². The van der Waals surface area contributed by atoms with E-state index in [1.165, 1.54) is 11.1 Å². The molecular formula is C46H46N14O. The topological polar surface area (TPSA) is 226 Å². The molecule has 0 saturated carbocycles. The molecule has 0 radical (unpaired) electrons. The first kappa shape index (κ1) is 40.0. The van der Waals surface area contributed by atoms with Crippen molar-refractivity contribution in [2.45, 2.75) is 33.5 Å². The second kappa shape index (κ2) is 18.0. The van der Waals surface area contributed by atoms with Gasteiger partial charge in [0.25, 0.3) is 0 Å². The molecular weight excluding hydrogens is 765 g/mol. The summed E-state index contributed by atoms with van der Waals surface area (Å²) in [5, 5.41) is 30.6. The largest absolute Gasteiger partial charge is 0.382 e. The van der Waals surface area contributed by atoms with Gasteiger partial charge in [-0.2, -0.15) is 20.4 Å². The number of hydrogen-bond donors (Lipinski definition) is 6. The monoisotopic (exact) mass is 810 g/mol. The van der Waals surface area contributed by atoms with Crippen molar-refractivity contribution in [2.75, 3.05) is 24.6 Å². The molecule has 306 valence electrons. The zero-order valence-electron chi connectivity index (χ0n) is 33.9. The third kappa shape index (κ3) is 8.83. The van der Waals surface area contributed by atoms with Crippen LogP contribution in [0.3, 0.4) is 0 Å². The fourth-order valence-corrected chi connectivity index (χ4v) is 7.16. The molecule has 0 spiro atoms. The highest BCUT2D eigenvalue weighted by atomic mass is 16.1. The Bertz CT molecular complexity index is 3080. The van der Waals surface area contributed by atoms with E-state index in [1.807, 2.05) is 83.1 Å². The number of aldehydes is 1. The third-order valence-corrected chi connectivity index (χ3v) is 10.5. The van der Waals surface area contributed by atoms with Gasteiger partial charge in [0.05, 0.1) is 35.5 Å². The van der Waals surface area contributed by atoms with E-state index in [-0.39, 0.29) is 0 Å². The van der Waals surface area contributed by atoms with Crippen molar-refractivity contribution in [3.8, 4) is 22.5 Å². The van der Waals surface area contributed by atoms with Gasteiger partial charge in [0.1, 0.15) is 17.3 Å². The normalized spacial score (nSPS) is 11.1. The first-order valence-corrected chi connectivity index (χ1v) is 19.9. The van der Waals surface area contributed by atoms with Gasteiger partial charge in [-0.25, -0.2) is 9.97 Å². The minimum atomic E-state index is 0.431. The van der Waals surface area contributed by atoms with Crippen LogP contribution in [-0.2, 0) is 19.6 Å². The molecule has 0 aliphatic rings. The maximum absolute atomic E-state index is 10.2. The smallest absolute Gasteiger partial charge is 0.152 e. The third-order valence-electron chi connectivity index (χ3n) is 10.5. The first-order valence-electron chi connectivity index (χ1n) is 19.9. The molecule has 61 heavy (non-hydrogen) atoms. The molecule has 9 N–H and O–H groups in total. The minimum absolute atomic E-state index is 0.431. The lowest BCUT2D eigenvalue weighted by Gasteiger charge is -2.07. The number of nitrogen functional groups attached to an aromatic ring is 2. The first-order chi connectivity index (χ1) is 29.8. The van der Waals surface area contributed by atoms with Gasteiger partial charge >= 0.3 is 0 Å². The van der Waals surface area contributed by atoms with Crippen molar-refractivity contribution in [3.05, 3.63) is 144 Å². The summed E-state index contributed by atoms with van der Waals surface area (Å²) in [6.45, 7) is 7.66. The molecule has 0 aliphatic carbocycles. The molecule has 0 unspecified atom stereocenters. The molecule has 0 amide bonds. The zero-order valence-corrected chi connectivity index (χ0v) is 33.9. The van der Waals surface area contributed by atoms with Gasteiger partial charge in [-0.1, -0.05) is 72.8 Å². The fraction of sp³-hybridized carbons (Fsp3) is 0.152. The van der Waals surface area contributed by atoms with Gasteiger partial charge in [-0.05, 0) is 54.8 Å². The number of nitrogens with one attached hydrogen (secondary N) is 3. The van der Waals surface area contributed by atoms with Crippen LogP contribution in [0, 0.1) is 13.8 Å². The lowest BCUT2D eigenvalue weighted by Crippen LogP contribution is -2.20. The summed E-state index contributed by atoms with van der Waals surface area (Å²) in [6, 6.07) is 32.0. The number of benzene rings is 4. The van der Waals surface area contributed by atoms with Crippen LogP contribution in [0.4, 0.5) is 11.6 Å². The molecule has 0 saturated heterocycles. The predicted octanol–water partition coefficient (Wildman–Crippen LogP) is 6.98. The van der Waals surface area contributed by atoms with Crippen LogP contribution in [0.2, 0.25) is 0 Å². The number of nitrogens with two attached hydrogens (primary N) is 3. The van der Waals surface area contributed by atoms with Crippen molar-refractivity contribution >= 4 is 61.5 Å². The van der Waals surface area contributed by atoms with Gasteiger partial charge in [-0.15, -0.1) is 0 Å². The van der Waals surface area contributed by atoms with Crippen LogP contribution in [0.15, 0.2) is 122 Å². The number of hydrogen-bond acceptors (Lipinski definition) is 11. The van der Waals surface area contributed by atoms with Crippen LogP contribution in [-0.4, -0.2) is 69.3 Å². The van der Waals surface area contributed by atoms with Crippen LogP contribution in [0.25, 0.3) is 66.1 Å². The SMILES string of the molecule is Cc1ccccc1C=O.Cc1ccccc1CNCCn1cc2c(n1)c(N)nc1cc(-c3ccn[nH]3)ccc12.NCCn1cc2c(n1)c(N)nc1cc(-c3ccn[nH]3)ccc12.